The lowest BCUT2D eigenvalue weighted by molar-refractivity contribution is 0.136. The Balaban J connectivity index is 0.00000256. The van der Waals surface area contributed by atoms with Gasteiger partial charge in [-0.2, -0.15) is 0 Å². The van der Waals surface area contributed by atoms with E-state index in [0.717, 1.165) is 5.56 Å². The molecule has 0 aliphatic heterocycles. The summed E-state index contributed by atoms with van der Waals surface area (Å²) in [6.45, 7) is 1.91. The molecule has 0 fully saturated rings. The van der Waals surface area contributed by atoms with Gasteiger partial charge in [-0.3, -0.25) is 0 Å². The number of hydrogen-bond acceptors (Lipinski definition) is 4. The standard InChI is InChI=1S/C12H19NO3.ClH/c1-8(13-2)12(14)10-7-9(15-3)5-6-11(10)16-4;/h5-8,12-14H,1-4H3;1H. The molecule has 0 radical (unpaired) electrons. The van der Waals surface area contributed by atoms with Crippen molar-refractivity contribution in [2.75, 3.05) is 21.3 Å². The van der Waals surface area contributed by atoms with E-state index in [1.54, 1.807) is 39.5 Å². The van der Waals surface area contributed by atoms with E-state index in [0.29, 0.717) is 11.5 Å². The fraction of sp³-hybridized carbons (Fsp3) is 0.500. The number of methoxy groups -OCH3 is 2. The lowest BCUT2D eigenvalue weighted by Gasteiger charge is -2.21. The molecular formula is C12H20ClNO3. The molecule has 0 saturated heterocycles. The molecule has 2 unspecified atom stereocenters. The molecule has 17 heavy (non-hydrogen) atoms. The molecule has 0 aliphatic rings. The minimum absolute atomic E-state index is 0. The maximum Gasteiger partial charge on any atom is 0.124 e. The molecule has 5 heteroatoms. The van der Waals surface area contributed by atoms with E-state index in [2.05, 4.69) is 5.32 Å². The maximum atomic E-state index is 10.1. The van der Waals surface area contributed by atoms with Crippen molar-refractivity contribution in [3.05, 3.63) is 23.8 Å². The molecule has 0 bridgehead atoms. The third-order valence-corrected chi connectivity index (χ3v) is 2.68. The molecule has 0 saturated carbocycles. The summed E-state index contributed by atoms with van der Waals surface area (Å²) in [5, 5.41) is 13.1. The first-order chi connectivity index (χ1) is 7.63. The van der Waals surface area contributed by atoms with Gasteiger partial charge in [-0.05, 0) is 32.2 Å². The molecule has 1 rings (SSSR count). The minimum Gasteiger partial charge on any atom is -0.497 e. The van der Waals surface area contributed by atoms with Crippen LogP contribution in [0.4, 0.5) is 0 Å². The van der Waals surface area contributed by atoms with Crippen molar-refractivity contribution in [1.29, 1.82) is 0 Å². The lowest BCUT2D eigenvalue weighted by atomic mass is 10.0. The summed E-state index contributed by atoms with van der Waals surface area (Å²) in [7, 11) is 4.99. The van der Waals surface area contributed by atoms with Crippen LogP contribution in [0.1, 0.15) is 18.6 Å². The molecule has 1 aromatic carbocycles. The number of ether oxygens (including phenoxy) is 2. The molecule has 98 valence electrons. The Morgan fingerprint density at radius 3 is 2.35 bits per heavy atom. The van der Waals surface area contributed by atoms with E-state index in [1.807, 2.05) is 6.92 Å². The smallest absolute Gasteiger partial charge is 0.124 e. The highest BCUT2D eigenvalue weighted by Gasteiger charge is 2.19. The van der Waals surface area contributed by atoms with Gasteiger partial charge in [0.1, 0.15) is 11.5 Å². The summed E-state index contributed by atoms with van der Waals surface area (Å²) in [4.78, 5) is 0. The summed E-state index contributed by atoms with van der Waals surface area (Å²) in [5.74, 6) is 1.37. The fourth-order valence-corrected chi connectivity index (χ4v) is 1.50. The second-order valence-corrected chi connectivity index (χ2v) is 3.63. The lowest BCUT2D eigenvalue weighted by Crippen LogP contribution is -2.28. The Bertz CT molecular complexity index is 347. The zero-order valence-electron chi connectivity index (χ0n) is 10.6. The topological polar surface area (TPSA) is 50.7 Å². The largest absolute Gasteiger partial charge is 0.497 e. The molecule has 0 heterocycles. The van der Waals surface area contributed by atoms with Crippen LogP contribution in [0.15, 0.2) is 18.2 Å². The van der Waals surface area contributed by atoms with E-state index in [9.17, 15) is 5.11 Å². The summed E-state index contributed by atoms with van der Waals surface area (Å²) in [5.41, 5.74) is 0.726. The predicted octanol–water partition coefficient (Wildman–Crippen LogP) is 1.77. The molecular weight excluding hydrogens is 242 g/mol. The third-order valence-electron chi connectivity index (χ3n) is 2.68. The van der Waals surface area contributed by atoms with Crippen LogP contribution in [0.5, 0.6) is 11.5 Å². The number of rotatable bonds is 5. The van der Waals surface area contributed by atoms with E-state index in [-0.39, 0.29) is 18.4 Å². The average molecular weight is 262 g/mol. The van der Waals surface area contributed by atoms with Crippen LogP contribution in [-0.2, 0) is 0 Å². The summed E-state index contributed by atoms with van der Waals surface area (Å²) < 4.78 is 10.3. The van der Waals surface area contributed by atoms with Gasteiger partial charge in [-0.25, -0.2) is 0 Å². The molecule has 0 aliphatic carbocycles. The monoisotopic (exact) mass is 261 g/mol. The van der Waals surface area contributed by atoms with Crippen molar-refractivity contribution in [2.45, 2.75) is 19.1 Å². The number of likely N-dealkylation sites (N-methyl/N-ethyl adjacent to an activating group) is 1. The first-order valence-electron chi connectivity index (χ1n) is 5.21. The molecule has 0 spiro atoms. The highest BCUT2D eigenvalue weighted by molar-refractivity contribution is 5.85. The molecule has 0 amide bonds. The van der Waals surface area contributed by atoms with Crippen molar-refractivity contribution in [1.82, 2.24) is 5.32 Å². The Labute approximate surface area is 108 Å². The van der Waals surface area contributed by atoms with Gasteiger partial charge in [0.2, 0.25) is 0 Å². The van der Waals surface area contributed by atoms with Gasteiger partial charge >= 0.3 is 0 Å². The van der Waals surface area contributed by atoms with Gasteiger partial charge < -0.3 is 19.9 Å². The van der Waals surface area contributed by atoms with Gasteiger partial charge in [-0.1, -0.05) is 0 Å². The zero-order valence-corrected chi connectivity index (χ0v) is 11.4. The van der Waals surface area contributed by atoms with E-state index in [1.165, 1.54) is 0 Å². The summed E-state index contributed by atoms with van der Waals surface area (Å²) >= 11 is 0. The highest BCUT2D eigenvalue weighted by atomic mass is 35.5. The number of halogens is 1. The Morgan fingerprint density at radius 2 is 1.88 bits per heavy atom. The number of aliphatic hydroxyl groups excluding tert-OH is 1. The molecule has 0 aromatic heterocycles. The van der Waals surface area contributed by atoms with Crippen LogP contribution in [0, 0.1) is 0 Å². The zero-order chi connectivity index (χ0) is 12.1. The number of benzene rings is 1. The highest BCUT2D eigenvalue weighted by Crippen LogP contribution is 2.30. The predicted molar refractivity (Wildman–Crippen MR) is 70.3 cm³/mol. The Hall–Kier alpha value is -0.970. The van der Waals surface area contributed by atoms with Gasteiger partial charge in [0.05, 0.1) is 20.3 Å². The first kappa shape index (κ1) is 16.0. The molecule has 2 N–H and O–H groups in total. The Morgan fingerprint density at radius 1 is 1.24 bits per heavy atom. The third kappa shape index (κ3) is 3.77. The van der Waals surface area contributed by atoms with Crippen LogP contribution in [-0.4, -0.2) is 32.4 Å². The van der Waals surface area contributed by atoms with Crippen molar-refractivity contribution in [3.8, 4) is 11.5 Å². The van der Waals surface area contributed by atoms with Gasteiger partial charge in [-0.15, -0.1) is 12.4 Å². The van der Waals surface area contributed by atoms with Crippen LogP contribution in [0.3, 0.4) is 0 Å². The van der Waals surface area contributed by atoms with Crippen molar-refractivity contribution in [2.24, 2.45) is 0 Å². The van der Waals surface area contributed by atoms with E-state index in [4.69, 9.17) is 9.47 Å². The van der Waals surface area contributed by atoms with Crippen LogP contribution < -0.4 is 14.8 Å². The van der Waals surface area contributed by atoms with Crippen LogP contribution in [0.25, 0.3) is 0 Å². The molecule has 2 atom stereocenters. The first-order valence-corrected chi connectivity index (χ1v) is 5.21. The van der Waals surface area contributed by atoms with Gasteiger partial charge in [0.25, 0.3) is 0 Å². The van der Waals surface area contributed by atoms with E-state index >= 15 is 0 Å². The molecule has 4 nitrogen and oxygen atoms in total. The van der Waals surface area contributed by atoms with Crippen molar-refractivity contribution < 1.29 is 14.6 Å². The van der Waals surface area contributed by atoms with Crippen LogP contribution >= 0.6 is 12.4 Å². The Kier molecular flexibility index (Phi) is 6.95. The van der Waals surface area contributed by atoms with E-state index < -0.39 is 6.10 Å². The SMILES string of the molecule is CNC(C)C(O)c1cc(OC)ccc1OC.Cl. The number of nitrogens with one attached hydrogen (secondary N) is 1. The second kappa shape index (κ2) is 7.37. The minimum atomic E-state index is -0.630. The number of hydrogen-bond donors (Lipinski definition) is 2. The maximum absolute atomic E-state index is 10.1. The summed E-state index contributed by atoms with van der Waals surface area (Å²) in [6.07, 6.45) is -0.630. The quantitative estimate of drug-likeness (QED) is 0.848. The van der Waals surface area contributed by atoms with Crippen molar-refractivity contribution >= 4 is 12.4 Å². The average Bonchev–Trinajstić information content (AvgIpc) is 2.35. The second-order valence-electron chi connectivity index (χ2n) is 3.63. The summed E-state index contributed by atoms with van der Waals surface area (Å²) in [6, 6.07) is 5.33. The number of aliphatic hydroxyl groups is 1. The van der Waals surface area contributed by atoms with Crippen LogP contribution in [0.2, 0.25) is 0 Å². The molecule has 1 aromatic rings. The van der Waals surface area contributed by atoms with Gasteiger partial charge in [0.15, 0.2) is 0 Å². The van der Waals surface area contributed by atoms with Gasteiger partial charge in [0, 0.05) is 11.6 Å². The van der Waals surface area contributed by atoms with Crippen molar-refractivity contribution in [3.63, 3.8) is 0 Å². The fourth-order valence-electron chi connectivity index (χ4n) is 1.50. The normalized spacial score (nSPS) is 13.5.